The Balaban J connectivity index is 2.89. The number of rotatable bonds is 7. The summed E-state index contributed by atoms with van der Waals surface area (Å²) < 4.78 is 5.52. The Bertz CT molecular complexity index is 417. The summed E-state index contributed by atoms with van der Waals surface area (Å²) in [6, 6.07) is 6.52. The van der Waals surface area contributed by atoms with Gasteiger partial charge in [-0.2, -0.15) is 0 Å². The molecule has 0 bridgehead atoms. The number of carboxylic acids is 1. The van der Waals surface area contributed by atoms with Crippen molar-refractivity contribution >= 4 is 12.4 Å². The molecule has 5 heteroatoms. The van der Waals surface area contributed by atoms with Crippen LogP contribution in [0.1, 0.15) is 31.9 Å². The standard InChI is InChI=1S/C13H17NO4/c1-9(2)18-11-5-3-4-10(6-11)12(14-8-15)7-13(16)17/h3-6,8-9,12H,7H2,1-2H3,(H,14,15)(H,16,17)/t12-/m0/s1. The molecule has 18 heavy (non-hydrogen) atoms. The van der Waals surface area contributed by atoms with Crippen LogP contribution in [-0.4, -0.2) is 23.6 Å². The molecule has 0 fully saturated rings. The molecule has 0 saturated carbocycles. The average Bonchev–Trinajstić information content (AvgIpc) is 2.27. The highest BCUT2D eigenvalue weighted by Crippen LogP contribution is 2.22. The van der Waals surface area contributed by atoms with E-state index in [-0.39, 0.29) is 12.5 Å². The Hall–Kier alpha value is -2.04. The second kappa shape index (κ2) is 6.64. The van der Waals surface area contributed by atoms with Crippen molar-refractivity contribution in [2.24, 2.45) is 0 Å². The molecule has 1 aromatic rings. The van der Waals surface area contributed by atoms with Crippen LogP contribution in [0.3, 0.4) is 0 Å². The van der Waals surface area contributed by atoms with Crippen molar-refractivity contribution in [2.45, 2.75) is 32.4 Å². The van der Waals surface area contributed by atoms with Gasteiger partial charge in [0.25, 0.3) is 0 Å². The van der Waals surface area contributed by atoms with E-state index in [1.165, 1.54) is 0 Å². The molecule has 98 valence electrons. The third-order valence-electron chi connectivity index (χ3n) is 2.28. The van der Waals surface area contributed by atoms with Gasteiger partial charge in [0.15, 0.2) is 0 Å². The number of amides is 1. The minimum absolute atomic E-state index is 0.0391. The first-order valence-corrected chi connectivity index (χ1v) is 5.71. The first kappa shape index (κ1) is 14.0. The second-order valence-electron chi connectivity index (χ2n) is 4.17. The normalized spacial score (nSPS) is 11.9. The van der Waals surface area contributed by atoms with Crippen LogP contribution in [0.2, 0.25) is 0 Å². The Morgan fingerprint density at radius 2 is 2.22 bits per heavy atom. The van der Waals surface area contributed by atoms with Crippen molar-refractivity contribution in [3.63, 3.8) is 0 Å². The summed E-state index contributed by atoms with van der Waals surface area (Å²) in [6.45, 7) is 3.82. The van der Waals surface area contributed by atoms with Crippen molar-refractivity contribution in [1.82, 2.24) is 5.32 Å². The molecule has 0 saturated heterocycles. The molecule has 0 radical (unpaired) electrons. The minimum atomic E-state index is -0.968. The Kier molecular flexibility index (Phi) is 5.17. The summed E-state index contributed by atoms with van der Waals surface area (Å²) in [4.78, 5) is 21.2. The summed E-state index contributed by atoms with van der Waals surface area (Å²) >= 11 is 0. The molecule has 5 nitrogen and oxygen atoms in total. The van der Waals surface area contributed by atoms with Gasteiger partial charge in [0.05, 0.1) is 18.6 Å². The Morgan fingerprint density at radius 1 is 1.50 bits per heavy atom. The number of nitrogens with one attached hydrogen (secondary N) is 1. The van der Waals surface area contributed by atoms with Crippen LogP contribution in [0.15, 0.2) is 24.3 Å². The molecule has 0 unspecified atom stereocenters. The van der Waals surface area contributed by atoms with Gasteiger partial charge in [-0.25, -0.2) is 0 Å². The zero-order valence-electron chi connectivity index (χ0n) is 10.4. The van der Waals surface area contributed by atoms with Crippen LogP contribution >= 0.6 is 0 Å². The summed E-state index contributed by atoms with van der Waals surface area (Å²) in [6.07, 6.45) is 0.380. The van der Waals surface area contributed by atoms with Gasteiger partial charge in [-0.1, -0.05) is 12.1 Å². The molecular formula is C13H17NO4. The molecule has 1 rings (SSSR count). The molecule has 0 spiro atoms. The maximum absolute atomic E-state index is 10.7. The SMILES string of the molecule is CC(C)Oc1cccc([C@H](CC(=O)O)NC=O)c1. The molecule has 0 aliphatic rings. The van der Waals surface area contributed by atoms with E-state index < -0.39 is 12.0 Å². The summed E-state index contributed by atoms with van der Waals surface area (Å²) in [5.41, 5.74) is 0.711. The van der Waals surface area contributed by atoms with E-state index in [0.29, 0.717) is 17.7 Å². The molecule has 1 amide bonds. The Labute approximate surface area is 106 Å². The zero-order valence-corrected chi connectivity index (χ0v) is 10.4. The summed E-state index contributed by atoms with van der Waals surface area (Å²) in [5.74, 6) is -0.310. The van der Waals surface area contributed by atoms with E-state index in [0.717, 1.165) is 0 Å². The van der Waals surface area contributed by atoms with E-state index >= 15 is 0 Å². The smallest absolute Gasteiger partial charge is 0.305 e. The number of hydrogen-bond donors (Lipinski definition) is 2. The van der Waals surface area contributed by atoms with Gasteiger partial charge in [-0.05, 0) is 31.5 Å². The van der Waals surface area contributed by atoms with Gasteiger partial charge in [-0.3, -0.25) is 9.59 Å². The lowest BCUT2D eigenvalue weighted by molar-refractivity contribution is -0.137. The van der Waals surface area contributed by atoms with Crippen LogP contribution in [0.5, 0.6) is 5.75 Å². The van der Waals surface area contributed by atoms with Crippen molar-refractivity contribution in [1.29, 1.82) is 0 Å². The highest BCUT2D eigenvalue weighted by molar-refractivity contribution is 5.68. The van der Waals surface area contributed by atoms with Crippen molar-refractivity contribution in [3.05, 3.63) is 29.8 Å². The molecule has 0 aliphatic carbocycles. The maximum Gasteiger partial charge on any atom is 0.305 e. The first-order valence-electron chi connectivity index (χ1n) is 5.71. The number of carboxylic acid groups (broad SMARTS) is 1. The zero-order chi connectivity index (χ0) is 13.5. The quantitative estimate of drug-likeness (QED) is 0.724. The fraction of sp³-hybridized carbons (Fsp3) is 0.385. The van der Waals surface area contributed by atoms with Gasteiger partial charge < -0.3 is 15.2 Å². The minimum Gasteiger partial charge on any atom is -0.491 e. The summed E-state index contributed by atoms with van der Waals surface area (Å²) in [5, 5.41) is 11.3. The monoisotopic (exact) mass is 251 g/mol. The molecular weight excluding hydrogens is 234 g/mol. The molecule has 1 aromatic carbocycles. The predicted molar refractivity (Wildman–Crippen MR) is 66.4 cm³/mol. The number of benzene rings is 1. The number of aliphatic carboxylic acids is 1. The lowest BCUT2D eigenvalue weighted by atomic mass is 10.0. The fourth-order valence-electron chi connectivity index (χ4n) is 1.61. The van der Waals surface area contributed by atoms with E-state index in [2.05, 4.69) is 5.32 Å². The van der Waals surface area contributed by atoms with Crippen LogP contribution < -0.4 is 10.1 Å². The Morgan fingerprint density at radius 3 is 2.78 bits per heavy atom. The van der Waals surface area contributed by atoms with Gasteiger partial charge >= 0.3 is 5.97 Å². The van der Waals surface area contributed by atoms with Crippen LogP contribution in [0.4, 0.5) is 0 Å². The van der Waals surface area contributed by atoms with Gasteiger partial charge in [0, 0.05) is 0 Å². The van der Waals surface area contributed by atoms with Crippen LogP contribution in [0, 0.1) is 0 Å². The van der Waals surface area contributed by atoms with E-state index in [1.807, 2.05) is 13.8 Å². The molecule has 0 aliphatic heterocycles. The largest absolute Gasteiger partial charge is 0.491 e. The van der Waals surface area contributed by atoms with Crippen LogP contribution in [-0.2, 0) is 9.59 Å². The molecule has 0 aromatic heterocycles. The van der Waals surface area contributed by atoms with Gasteiger partial charge in [0.1, 0.15) is 5.75 Å². The summed E-state index contributed by atoms with van der Waals surface area (Å²) in [7, 11) is 0. The highest BCUT2D eigenvalue weighted by Gasteiger charge is 2.15. The molecule has 1 atom stereocenters. The van der Waals surface area contributed by atoms with Crippen molar-refractivity contribution < 1.29 is 19.4 Å². The van der Waals surface area contributed by atoms with Crippen molar-refractivity contribution in [2.75, 3.05) is 0 Å². The third kappa shape index (κ3) is 4.45. The average molecular weight is 251 g/mol. The fourth-order valence-corrected chi connectivity index (χ4v) is 1.61. The predicted octanol–water partition coefficient (Wildman–Crippen LogP) is 1.74. The lowest BCUT2D eigenvalue weighted by Gasteiger charge is -2.16. The van der Waals surface area contributed by atoms with E-state index in [9.17, 15) is 9.59 Å². The van der Waals surface area contributed by atoms with E-state index in [4.69, 9.17) is 9.84 Å². The molecule has 2 N–H and O–H groups in total. The van der Waals surface area contributed by atoms with Crippen molar-refractivity contribution in [3.8, 4) is 5.75 Å². The lowest BCUT2D eigenvalue weighted by Crippen LogP contribution is -2.22. The van der Waals surface area contributed by atoms with Gasteiger partial charge in [-0.15, -0.1) is 0 Å². The number of carbonyl (C=O) groups excluding carboxylic acids is 1. The van der Waals surface area contributed by atoms with E-state index in [1.54, 1.807) is 24.3 Å². The topological polar surface area (TPSA) is 75.6 Å². The van der Waals surface area contributed by atoms with Gasteiger partial charge in [0.2, 0.25) is 6.41 Å². The van der Waals surface area contributed by atoms with Crippen LogP contribution in [0.25, 0.3) is 0 Å². The number of hydrogen-bond acceptors (Lipinski definition) is 3. The number of ether oxygens (including phenoxy) is 1. The first-order chi connectivity index (χ1) is 8.52. The number of carbonyl (C=O) groups is 2. The maximum atomic E-state index is 10.7. The third-order valence-corrected chi connectivity index (χ3v) is 2.28. The highest BCUT2D eigenvalue weighted by atomic mass is 16.5. The second-order valence-corrected chi connectivity index (χ2v) is 4.17. The molecule has 0 heterocycles.